The summed E-state index contributed by atoms with van der Waals surface area (Å²) >= 11 is 0. The van der Waals surface area contributed by atoms with E-state index in [1.165, 1.54) is 11.6 Å². The van der Waals surface area contributed by atoms with Crippen LogP contribution in [0.4, 0.5) is 5.69 Å². The topological polar surface area (TPSA) is 47.6 Å². The van der Waals surface area contributed by atoms with Crippen molar-refractivity contribution in [3.63, 3.8) is 0 Å². The first kappa shape index (κ1) is 20.2. The van der Waals surface area contributed by atoms with Gasteiger partial charge < -0.3 is 14.8 Å². The van der Waals surface area contributed by atoms with E-state index in [1.807, 2.05) is 72.8 Å². The van der Waals surface area contributed by atoms with Crippen LogP contribution in [0.1, 0.15) is 23.6 Å². The van der Waals surface area contributed by atoms with Crippen LogP contribution in [0.15, 0.2) is 78.9 Å². The van der Waals surface area contributed by atoms with Crippen molar-refractivity contribution >= 4 is 17.7 Å². The van der Waals surface area contributed by atoms with Crippen molar-refractivity contribution in [2.45, 2.75) is 20.0 Å². The molecule has 0 aromatic heterocycles. The van der Waals surface area contributed by atoms with Crippen LogP contribution in [0.5, 0.6) is 11.5 Å². The number of carbonyl (C=O) groups excluding carboxylic acids is 1. The van der Waals surface area contributed by atoms with Gasteiger partial charge in [0, 0.05) is 11.8 Å². The van der Waals surface area contributed by atoms with Crippen LogP contribution in [0.3, 0.4) is 0 Å². The van der Waals surface area contributed by atoms with Crippen molar-refractivity contribution in [3.8, 4) is 11.5 Å². The predicted octanol–water partition coefficient (Wildman–Crippen LogP) is 5.49. The number of carbonyl (C=O) groups is 1. The third-order valence-electron chi connectivity index (χ3n) is 4.48. The Labute approximate surface area is 171 Å². The normalized spacial score (nSPS) is 10.7. The molecule has 3 rings (SSSR count). The molecule has 1 N–H and O–H groups in total. The molecule has 0 aliphatic rings. The van der Waals surface area contributed by atoms with E-state index < -0.39 is 0 Å². The van der Waals surface area contributed by atoms with Gasteiger partial charge in [-0.15, -0.1) is 0 Å². The van der Waals surface area contributed by atoms with Crippen molar-refractivity contribution in [2.24, 2.45) is 0 Å². The Hall–Kier alpha value is -3.53. The third kappa shape index (κ3) is 5.98. The van der Waals surface area contributed by atoms with Gasteiger partial charge in [-0.3, -0.25) is 4.79 Å². The standard InChI is InChI=1S/C25H25NO3/c1-3-19-9-13-22(14-10-19)26-25(27)16-12-20-11-15-23(24(17-20)28-2)29-18-21-7-5-4-6-8-21/h4-17H,3,18H2,1-2H3,(H,26,27). The zero-order valence-electron chi connectivity index (χ0n) is 16.7. The zero-order valence-corrected chi connectivity index (χ0v) is 16.7. The molecule has 1 amide bonds. The Balaban J connectivity index is 1.61. The van der Waals surface area contributed by atoms with Crippen LogP contribution < -0.4 is 14.8 Å². The molecule has 0 atom stereocenters. The SMILES string of the molecule is CCc1ccc(NC(=O)C=Cc2ccc(OCc3ccccc3)c(OC)c2)cc1. The van der Waals surface area contributed by atoms with Gasteiger partial charge in [0.05, 0.1) is 7.11 Å². The fourth-order valence-electron chi connectivity index (χ4n) is 2.82. The molecule has 0 saturated carbocycles. The van der Waals surface area contributed by atoms with Gasteiger partial charge in [-0.05, 0) is 53.5 Å². The minimum Gasteiger partial charge on any atom is -0.493 e. The highest BCUT2D eigenvalue weighted by Gasteiger charge is 2.06. The molecule has 0 heterocycles. The van der Waals surface area contributed by atoms with Crippen LogP contribution in [0.2, 0.25) is 0 Å². The van der Waals surface area contributed by atoms with Crippen molar-refractivity contribution in [2.75, 3.05) is 12.4 Å². The van der Waals surface area contributed by atoms with Crippen LogP contribution >= 0.6 is 0 Å². The largest absolute Gasteiger partial charge is 0.493 e. The molecule has 3 aromatic rings. The average molecular weight is 387 g/mol. The lowest BCUT2D eigenvalue weighted by Gasteiger charge is -2.11. The maximum atomic E-state index is 12.2. The molecule has 0 aliphatic carbocycles. The van der Waals surface area contributed by atoms with Crippen LogP contribution in [0, 0.1) is 0 Å². The number of hydrogen-bond donors (Lipinski definition) is 1. The van der Waals surface area contributed by atoms with E-state index >= 15 is 0 Å². The van der Waals surface area contributed by atoms with Gasteiger partial charge >= 0.3 is 0 Å². The summed E-state index contributed by atoms with van der Waals surface area (Å²) in [5, 5.41) is 2.86. The van der Waals surface area contributed by atoms with E-state index in [2.05, 4.69) is 12.2 Å². The molecular weight excluding hydrogens is 362 g/mol. The number of anilines is 1. The van der Waals surface area contributed by atoms with Gasteiger partial charge in [0.15, 0.2) is 11.5 Å². The quantitative estimate of drug-likeness (QED) is 0.520. The predicted molar refractivity (Wildman–Crippen MR) is 117 cm³/mol. The number of aryl methyl sites for hydroxylation is 1. The van der Waals surface area contributed by atoms with Crippen molar-refractivity contribution in [3.05, 3.63) is 95.6 Å². The van der Waals surface area contributed by atoms with E-state index in [-0.39, 0.29) is 5.91 Å². The maximum absolute atomic E-state index is 12.2. The number of benzene rings is 3. The summed E-state index contributed by atoms with van der Waals surface area (Å²) in [5.74, 6) is 1.10. The maximum Gasteiger partial charge on any atom is 0.248 e. The van der Waals surface area contributed by atoms with Crippen molar-refractivity contribution in [1.29, 1.82) is 0 Å². The summed E-state index contributed by atoms with van der Waals surface area (Å²) in [7, 11) is 1.60. The summed E-state index contributed by atoms with van der Waals surface area (Å²) in [6, 6.07) is 23.4. The highest BCUT2D eigenvalue weighted by Crippen LogP contribution is 2.29. The van der Waals surface area contributed by atoms with Crippen molar-refractivity contribution < 1.29 is 14.3 Å². The molecule has 4 nitrogen and oxygen atoms in total. The van der Waals surface area contributed by atoms with Crippen LogP contribution in [-0.4, -0.2) is 13.0 Å². The van der Waals surface area contributed by atoms with Gasteiger partial charge in [0.2, 0.25) is 5.91 Å². The number of ether oxygens (including phenoxy) is 2. The van der Waals surface area contributed by atoms with Gasteiger partial charge in [-0.1, -0.05) is 55.5 Å². The highest BCUT2D eigenvalue weighted by atomic mass is 16.5. The number of nitrogens with one attached hydrogen (secondary N) is 1. The first-order valence-electron chi connectivity index (χ1n) is 9.60. The lowest BCUT2D eigenvalue weighted by molar-refractivity contribution is -0.111. The molecule has 29 heavy (non-hydrogen) atoms. The van der Waals surface area contributed by atoms with Gasteiger partial charge in [0.25, 0.3) is 0 Å². The lowest BCUT2D eigenvalue weighted by atomic mass is 10.1. The van der Waals surface area contributed by atoms with Gasteiger partial charge in [0.1, 0.15) is 6.61 Å². The summed E-state index contributed by atoms with van der Waals surface area (Å²) in [5.41, 5.74) is 3.95. The Morgan fingerprint density at radius 2 is 1.69 bits per heavy atom. The second kappa shape index (κ2) is 10.1. The Bertz CT molecular complexity index is 963. The molecule has 4 heteroatoms. The van der Waals surface area contributed by atoms with Gasteiger partial charge in [-0.25, -0.2) is 0 Å². The van der Waals surface area contributed by atoms with E-state index in [1.54, 1.807) is 13.2 Å². The Morgan fingerprint density at radius 3 is 2.38 bits per heavy atom. The number of rotatable bonds is 8. The van der Waals surface area contributed by atoms with Crippen LogP contribution in [0.25, 0.3) is 6.08 Å². The van der Waals surface area contributed by atoms with E-state index in [4.69, 9.17) is 9.47 Å². The Kier molecular flexibility index (Phi) is 7.06. The fourth-order valence-corrected chi connectivity index (χ4v) is 2.82. The smallest absolute Gasteiger partial charge is 0.248 e. The van der Waals surface area contributed by atoms with E-state index in [0.29, 0.717) is 18.1 Å². The molecule has 0 aliphatic heterocycles. The minimum atomic E-state index is -0.183. The average Bonchev–Trinajstić information content (AvgIpc) is 2.77. The highest BCUT2D eigenvalue weighted by molar-refractivity contribution is 6.01. The molecule has 0 radical (unpaired) electrons. The second-order valence-corrected chi connectivity index (χ2v) is 6.56. The molecule has 0 unspecified atom stereocenters. The van der Waals surface area contributed by atoms with Crippen LogP contribution in [-0.2, 0) is 17.8 Å². The Morgan fingerprint density at radius 1 is 0.931 bits per heavy atom. The number of methoxy groups -OCH3 is 1. The molecule has 3 aromatic carbocycles. The lowest BCUT2D eigenvalue weighted by Crippen LogP contribution is -2.07. The van der Waals surface area contributed by atoms with Crippen molar-refractivity contribution in [1.82, 2.24) is 0 Å². The molecule has 148 valence electrons. The summed E-state index contributed by atoms with van der Waals surface area (Å²) < 4.78 is 11.3. The first-order chi connectivity index (χ1) is 14.2. The monoisotopic (exact) mass is 387 g/mol. The number of amides is 1. The molecule has 0 bridgehead atoms. The summed E-state index contributed by atoms with van der Waals surface area (Å²) in [4.78, 5) is 12.2. The van der Waals surface area contributed by atoms with E-state index in [0.717, 1.165) is 23.2 Å². The fraction of sp³-hybridized carbons (Fsp3) is 0.160. The van der Waals surface area contributed by atoms with Gasteiger partial charge in [-0.2, -0.15) is 0 Å². The minimum absolute atomic E-state index is 0.183. The first-order valence-corrected chi connectivity index (χ1v) is 9.60. The molecule has 0 saturated heterocycles. The molecule has 0 fully saturated rings. The third-order valence-corrected chi connectivity index (χ3v) is 4.48. The zero-order chi connectivity index (χ0) is 20.5. The number of hydrogen-bond acceptors (Lipinski definition) is 3. The second-order valence-electron chi connectivity index (χ2n) is 6.56. The summed E-state index contributed by atoms with van der Waals surface area (Å²) in [6.07, 6.45) is 4.23. The molecular formula is C25H25NO3. The summed E-state index contributed by atoms with van der Waals surface area (Å²) in [6.45, 7) is 2.56. The molecule has 0 spiro atoms. The van der Waals surface area contributed by atoms with E-state index in [9.17, 15) is 4.79 Å².